The van der Waals surface area contributed by atoms with Crippen molar-refractivity contribution in [3.8, 4) is 0 Å². The summed E-state index contributed by atoms with van der Waals surface area (Å²) in [5, 5.41) is 3.18. The smallest absolute Gasteiger partial charge is 0.220 e. The van der Waals surface area contributed by atoms with Crippen LogP contribution < -0.4 is 5.32 Å². The number of carbonyl (C=O) groups is 1. The van der Waals surface area contributed by atoms with E-state index >= 15 is 0 Å². The molecular weight excluding hydrogens is 354 g/mol. The number of carbonyl (C=O) groups excluding carboxylic acids is 1. The van der Waals surface area contributed by atoms with Crippen molar-refractivity contribution in [1.29, 1.82) is 0 Å². The number of hydrogen-bond donors (Lipinski definition) is 1. The molecule has 0 saturated carbocycles. The molecule has 0 unspecified atom stereocenters. The molecule has 1 aromatic carbocycles. The first-order valence-corrected chi connectivity index (χ1v) is 12.4. The molecule has 0 radical (unpaired) electrons. The molecule has 0 saturated heterocycles. The monoisotopic (exact) mass is 401 g/mol. The third kappa shape index (κ3) is 13.5. The second-order valence-corrected chi connectivity index (χ2v) is 9.24. The summed E-state index contributed by atoms with van der Waals surface area (Å²) in [5.74, 6) is 0.175. The summed E-state index contributed by atoms with van der Waals surface area (Å²) < 4.78 is 0. The molecular formula is C27H47NO. The van der Waals surface area contributed by atoms with Crippen LogP contribution in [0.25, 0.3) is 0 Å². The van der Waals surface area contributed by atoms with Gasteiger partial charge in [0.25, 0.3) is 0 Å². The molecule has 2 nitrogen and oxygen atoms in total. The van der Waals surface area contributed by atoms with E-state index in [0.717, 1.165) is 12.0 Å². The molecule has 1 N–H and O–H groups in total. The SMILES string of the molecule is CCCCCCCCCCCCCCCCCC(=O)NC(C)(C)c1ccccc1. The van der Waals surface area contributed by atoms with Gasteiger partial charge in [0.15, 0.2) is 0 Å². The quantitative estimate of drug-likeness (QED) is 0.246. The second-order valence-electron chi connectivity index (χ2n) is 9.24. The van der Waals surface area contributed by atoms with Crippen molar-refractivity contribution in [2.45, 2.75) is 129 Å². The molecule has 0 spiro atoms. The molecule has 0 heterocycles. The molecule has 2 heteroatoms. The largest absolute Gasteiger partial charge is 0.347 e. The van der Waals surface area contributed by atoms with Gasteiger partial charge < -0.3 is 5.32 Å². The Morgan fingerprint density at radius 3 is 1.55 bits per heavy atom. The lowest BCUT2D eigenvalue weighted by Gasteiger charge is -2.27. The van der Waals surface area contributed by atoms with Crippen molar-refractivity contribution < 1.29 is 4.79 Å². The first kappa shape index (κ1) is 25.7. The maximum Gasteiger partial charge on any atom is 0.220 e. The first-order valence-electron chi connectivity index (χ1n) is 12.4. The minimum absolute atomic E-state index is 0.175. The van der Waals surface area contributed by atoms with E-state index in [2.05, 4.69) is 38.2 Å². The van der Waals surface area contributed by atoms with Gasteiger partial charge in [-0.2, -0.15) is 0 Å². The van der Waals surface area contributed by atoms with Gasteiger partial charge in [0.2, 0.25) is 5.91 Å². The van der Waals surface area contributed by atoms with E-state index in [1.165, 1.54) is 89.9 Å². The minimum Gasteiger partial charge on any atom is -0.347 e. The molecule has 1 aromatic rings. The van der Waals surface area contributed by atoms with Crippen LogP contribution in [0.1, 0.15) is 129 Å². The molecule has 0 aliphatic carbocycles. The van der Waals surface area contributed by atoms with Gasteiger partial charge in [-0.1, -0.05) is 127 Å². The molecule has 1 rings (SSSR count). The van der Waals surface area contributed by atoms with Gasteiger partial charge in [0, 0.05) is 6.42 Å². The van der Waals surface area contributed by atoms with Crippen molar-refractivity contribution in [2.75, 3.05) is 0 Å². The van der Waals surface area contributed by atoms with Crippen LogP contribution in [0.15, 0.2) is 30.3 Å². The lowest BCUT2D eigenvalue weighted by atomic mass is 9.94. The highest BCUT2D eigenvalue weighted by molar-refractivity contribution is 5.76. The molecule has 0 aliphatic rings. The summed E-state index contributed by atoms with van der Waals surface area (Å²) in [6.07, 6.45) is 21.0. The molecule has 0 atom stereocenters. The minimum atomic E-state index is -0.298. The van der Waals surface area contributed by atoms with Crippen LogP contribution >= 0.6 is 0 Å². The topological polar surface area (TPSA) is 29.1 Å². The lowest BCUT2D eigenvalue weighted by molar-refractivity contribution is -0.122. The molecule has 0 bridgehead atoms. The fraction of sp³-hybridized carbons (Fsp3) is 0.741. The average Bonchev–Trinajstić information content (AvgIpc) is 2.71. The Hall–Kier alpha value is -1.31. The summed E-state index contributed by atoms with van der Waals surface area (Å²) in [6, 6.07) is 10.2. The highest BCUT2D eigenvalue weighted by Gasteiger charge is 2.21. The average molecular weight is 402 g/mol. The van der Waals surface area contributed by atoms with Crippen LogP contribution in [0.2, 0.25) is 0 Å². The van der Waals surface area contributed by atoms with Crippen molar-refractivity contribution in [1.82, 2.24) is 5.32 Å². The van der Waals surface area contributed by atoms with E-state index in [0.29, 0.717) is 6.42 Å². The van der Waals surface area contributed by atoms with Gasteiger partial charge in [-0.3, -0.25) is 4.79 Å². The maximum atomic E-state index is 12.3. The van der Waals surface area contributed by atoms with Crippen LogP contribution in [0.5, 0.6) is 0 Å². The molecule has 0 fully saturated rings. The zero-order chi connectivity index (χ0) is 21.2. The Balaban J connectivity index is 1.90. The Bertz CT molecular complexity index is 509. The molecule has 29 heavy (non-hydrogen) atoms. The van der Waals surface area contributed by atoms with E-state index in [1.807, 2.05) is 18.2 Å². The third-order valence-electron chi connectivity index (χ3n) is 5.95. The van der Waals surface area contributed by atoms with Gasteiger partial charge in [0.1, 0.15) is 0 Å². The normalized spacial score (nSPS) is 11.6. The zero-order valence-corrected chi connectivity index (χ0v) is 19.6. The highest BCUT2D eigenvalue weighted by atomic mass is 16.1. The number of rotatable bonds is 18. The van der Waals surface area contributed by atoms with E-state index in [-0.39, 0.29) is 11.4 Å². The highest BCUT2D eigenvalue weighted by Crippen LogP contribution is 2.20. The van der Waals surface area contributed by atoms with Gasteiger partial charge in [0.05, 0.1) is 5.54 Å². The van der Waals surface area contributed by atoms with Crippen molar-refractivity contribution in [3.63, 3.8) is 0 Å². The lowest BCUT2D eigenvalue weighted by Crippen LogP contribution is -2.40. The van der Waals surface area contributed by atoms with Crippen LogP contribution in [-0.2, 0) is 10.3 Å². The number of benzene rings is 1. The predicted octanol–water partition coefficient (Wildman–Crippen LogP) is 8.30. The first-order chi connectivity index (χ1) is 14.1. The molecule has 166 valence electrons. The predicted molar refractivity (Wildman–Crippen MR) is 127 cm³/mol. The Labute approximate surface area is 181 Å². The van der Waals surface area contributed by atoms with Crippen LogP contribution in [0.3, 0.4) is 0 Å². The number of nitrogens with one attached hydrogen (secondary N) is 1. The summed E-state index contributed by atoms with van der Waals surface area (Å²) in [5.41, 5.74) is 0.859. The maximum absolute atomic E-state index is 12.3. The summed E-state index contributed by atoms with van der Waals surface area (Å²) in [6.45, 7) is 6.43. The van der Waals surface area contributed by atoms with Gasteiger partial charge in [-0.05, 0) is 25.8 Å². The number of amides is 1. The summed E-state index contributed by atoms with van der Waals surface area (Å²) in [4.78, 5) is 12.3. The second kappa shape index (κ2) is 16.5. The third-order valence-corrected chi connectivity index (χ3v) is 5.95. The van der Waals surface area contributed by atoms with Crippen LogP contribution in [0, 0.1) is 0 Å². The van der Waals surface area contributed by atoms with E-state index in [4.69, 9.17) is 0 Å². The van der Waals surface area contributed by atoms with Gasteiger partial charge in [-0.25, -0.2) is 0 Å². The Kier molecular flexibility index (Phi) is 14.6. The molecule has 0 aromatic heterocycles. The van der Waals surface area contributed by atoms with Gasteiger partial charge >= 0.3 is 0 Å². The summed E-state index contributed by atoms with van der Waals surface area (Å²) >= 11 is 0. The van der Waals surface area contributed by atoms with E-state index < -0.39 is 0 Å². The molecule has 0 aliphatic heterocycles. The van der Waals surface area contributed by atoms with Crippen LogP contribution in [0.4, 0.5) is 0 Å². The fourth-order valence-electron chi connectivity index (χ4n) is 3.99. The van der Waals surface area contributed by atoms with Crippen molar-refractivity contribution in [3.05, 3.63) is 35.9 Å². The molecule has 1 amide bonds. The van der Waals surface area contributed by atoms with E-state index in [1.54, 1.807) is 0 Å². The number of hydrogen-bond acceptors (Lipinski definition) is 1. The fourth-order valence-corrected chi connectivity index (χ4v) is 3.99. The van der Waals surface area contributed by atoms with Gasteiger partial charge in [-0.15, -0.1) is 0 Å². The van der Waals surface area contributed by atoms with E-state index in [9.17, 15) is 4.79 Å². The zero-order valence-electron chi connectivity index (χ0n) is 19.6. The Morgan fingerprint density at radius 1 is 0.690 bits per heavy atom. The number of unbranched alkanes of at least 4 members (excludes halogenated alkanes) is 14. The standard InChI is InChI=1S/C27H47NO/c1-4-5-6-7-8-9-10-11-12-13-14-15-16-17-21-24-26(29)28-27(2,3)25-22-19-18-20-23-25/h18-20,22-23H,4-17,21,24H2,1-3H3,(H,28,29). The Morgan fingerprint density at radius 2 is 1.10 bits per heavy atom. The van der Waals surface area contributed by atoms with Crippen LogP contribution in [-0.4, -0.2) is 5.91 Å². The van der Waals surface area contributed by atoms with Crippen molar-refractivity contribution in [2.24, 2.45) is 0 Å². The summed E-state index contributed by atoms with van der Waals surface area (Å²) in [7, 11) is 0. The van der Waals surface area contributed by atoms with Crippen molar-refractivity contribution >= 4 is 5.91 Å².